The van der Waals surface area contributed by atoms with Crippen molar-refractivity contribution in [3.63, 3.8) is 0 Å². The maximum Gasteiger partial charge on any atom is 0.586 e. The molecule has 1 aliphatic heterocycles. The van der Waals surface area contributed by atoms with Gasteiger partial charge in [-0.3, -0.25) is 4.79 Å². The van der Waals surface area contributed by atoms with Gasteiger partial charge in [0.1, 0.15) is 11.3 Å². The molecule has 0 spiro atoms. The van der Waals surface area contributed by atoms with E-state index < -0.39 is 41.8 Å². The summed E-state index contributed by atoms with van der Waals surface area (Å²) in [6.07, 6.45) is -3.09. The van der Waals surface area contributed by atoms with Gasteiger partial charge < -0.3 is 24.6 Å². The van der Waals surface area contributed by atoms with Crippen molar-refractivity contribution in [1.82, 2.24) is 0 Å². The van der Waals surface area contributed by atoms with Crippen molar-refractivity contribution in [1.29, 1.82) is 0 Å². The zero-order chi connectivity index (χ0) is 21.2. The van der Waals surface area contributed by atoms with Crippen molar-refractivity contribution in [2.75, 3.05) is 11.9 Å². The lowest BCUT2D eigenvalue weighted by atomic mass is 9.98. The van der Waals surface area contributed by atoms with Crippen LogP contribution >= 0.6 is 0 Å². The van der Waals surface area contributed by atoms with E-state index in [-0.39, 0.29) is 11.6 Å². The number of halogens is 2. The number of hydrogen-bond donors (Lipinski definition) is 2. The number of rotatable bonds is 7. The number of ether oxygens (including phenoxy) is 3. The Kier molecular flexibility index (Phi) is 5.58. The zero-order valence-corrected chi connectivity index (χ0v) is 15.7. The van der Waals surface area contributed by atoms with Crippen LogP contribution in [0.25, 0.3) is 0 Å². The molecule has 0 radical (unpaired) electrons. The Bertz CT molecular complexity index is 947. The Morgan fingerprint density at radius 1 is 1.21 bits per heavy atom. The number of carbonyl (C=O) groups is 2. The Balaban J connectivity index is 1.75. The van der Waals surface area contributed by atoms with E-state index in [2.05, 4.69) is 14.8 Å². The van der Waals surface area contributed by atoms with Crippen LogP contribution in [-0.2, 0) is 4.79 Å². The predicted octanol–water partition coefficient (Wildman–Crippen LogP) is 4.24. The van der Waals surface area contributed by atoms with Crippen LogP contribution in [0, 0.1) is 0 Å². The first-order valence-corrected chi connectivity index (χ1v) is 8.89. The summed E-state index contributed by atoms with van der Waals surface area (Å²) in [7, 11) is 0. The lowest BCUT2D eigenvalue weighted by molar-refractivity contribution is -0.286. The number of nitrogens with one attached hydrogen (secondary N) is 1. The highest BCUT2D eigenvalue weighted by Crippen LogP contribution is 2.45. The van der Waals surface area contributed by atoms with Crippen LogP contribution in [0.4, 0.5) is 14.5 Å². The molecule has 1 atom stereocenters. The van der Waals surface area contributed by atoms with Crippen LogP contribution < -0.4 is 19.5 Å². The van der Waals surface area contributed by atoms with Gasteiger partial charge in [-0.25, -0.2) is 4.79 Å². The van der Waals surface area contributed by atoms with Crippen molar-refractivity contribution in [2.24, 2.45) is 0 Å². The summed E-state index contributed by atoms with van der Waals surface area (Å²) in [4.78, 5) is 23.8. The molecule has 7 nitrogen and oxygen atoms in total. The second-order valence-electron chi connectivity index (χ2n) is 6.47. The summed E-state index contributed by atoms with van der Waals surface area (Å²) in [5, 5.41) is 11.7. The van der Waals surface area contributed by atoms with Gasteiger partial charge in [-0.2, -0.15) is 0 Å². The molecule has 3 rings (SSSR count). The minimum atomic E-state index is -3.97. The van der Waals surface area contributed by atoms with Crippen molar-refractivity contribution in [3.8, 4) is 17.2 Å². The van der Waals surface area contributed by atoms with Gasteiger partial charge >= 0.3 is 12.3 Å². The average molecular weight is 407 g/mol. The lowest BCUT2D eigenvalue weighted by Gasteiger charge is -2.16. The molecule has 2 N–H and O–H groups in total. The molecule has 1 unspecified atom stereocenters. The standard InChI is InChI=1S/C20H19F2NO6/c1-3-11(2)12-6-4-5-7-14(12)27-10-16(24)23-13-8-9-15-18(17(13)19(25)26)29-20(21,22)28-15/h4-9,11H,3,10H2,1-2H3,(H,23,24)(H,25,26). The number of fused-ring (bicyclic) bond motifs is 1. The van der Waals surface area contributed by atoms with Gasteiger partial charge in [-0.05, 0) is 36.1 Å². The van der Waals surface area contributed by atoms with E-state index in [4.69, 9.17) is 4.74 Å². The highest BCUT2D eigenvalue weighted by Gasteiger charge is 2.46. The first-order chi connectivity index (χ1) is 13.7. The predicted molar refractivity (Wildman–Crippen MR) is 98.9 cm³/mol. The molecule has 0 saturated carbocycles. The van der Waals surface area contributed by atoms with E-state index in [1.165, 1.54) is 0 Å². The molecule has 0 aliphatic carbocycles. The van der Waals surface area contributed by atoms with E-state index in [9.17, 15) is 23.5 Å². The fourth-order valence-electron chi connectivity index (χ4n) is 2.90. The quantitative estimate of drug-likeness (QED) is 0.713. The summed E-state index contributed by atoms with van der Waals surface area (Å²) < 4.78 is 40.6. The zero-order valence-electron chi connectivity index (χ0n) is 15.7. The Morgan fingerprint density at radius 3 is 2.62 bits per heavy atom. The van der Waals surface area contributed by atoms with Crippen molar-refractivity contribution < 1.29 is 37.7 Å². The maximum atomic E-state index is 13.3. The van der Waals surface area contributed by atoms with E-state index >= 15 is 0 Å². The second kappa shape index (κ2) is 7.94. The molecule has 0 saturated heterocycles. The normalized spacial score (nSPS) is 14.9. The molecule has 154 valence electrons. The SMILES string of the molecule is CCC(C)c1ccccc1OCC(=O)Nc1ccc2c(c1C(=O)O)OC(F)(F)O2. The number of para-hydroxylation sites is 1. The first-order valence-electron chi connectivity index (χ1n) is 8.89. The fraction of sp³-hybridized carbons (Fsp3) is 0.300. The Morgan fingerprint density at radius 2 is 1.93 bits per heavy atom. The van der Waals surface area contributed by atoms with E-state index in [1.54, 1.807) is 12.1 Å². The van der Waals surface area contributed by atoms with Crippen LogP contribution in [0.15, 0.2) is 36.4 Å². The minimum Gasteiger partial charge on any atom is -0.483 e. The van der Waals surface area contributed by atoms with E-state index in [0.717, 1.165) is 24.1 Å². The van der Waals surface area contributed by atoms with Crippen molar-refractivity contribution in [3.05, 3.63) is 47.5 Å². The average Bonchev–Trinajstić information content (AvgIpc) is 2.99. The third-order valence-electron chi connectivity index (χ3n) is 4.48. The smallest absolute Gasteiger partial charge is 0.483 e. The minimum absolute atomic E-state index is 0.207. The number of carbonyl (C=O) groups excluding carboxylic acids is 1. The molecule has 1 aliphatic rings. The van der Waals surface area contributed by atoms with Gasteiger partial charge in [-0.15, -0.1) is 8.78 Å². The van der Waals surface area contributed by atoms with Crippen molar-refractivity contribution in [2.45, 2.75) is 32.5 Å². The molecule has 2 aromatic rings. The number of aromatic carboxylic acids is 1. The summed E-state index contributed by atoms with van der Waals surface area (Å²) in [6, 6.07) is 9.53. The fourth-order valence-corrected chi connectivity index (χ4v) is 2.90. The maximum absolute atomic E-state index is 13.3. The van der Waals surface area contributed by atoms with Gasteiger partial charge in [0.25, 0.3) is 5.91 Å². The van der Waals surface area contributed by atoms with Gasteiger partial charge in [-0.1, -0.05) is 32.0 Å². The molecule has 0 fully saturated rings. The van der Waals surface area contributed by atoms with Gasteiger partial charge in [0.2, 0.25) is 0 Å². The summed E-state index contributed by atoms with van der Waals surface area (Å²) in [5.41, 5.74) is 0.105. The first kappa shape index (κ1) is 20.4. The number of hydrogen-bond acceptors (Lipinski definition) is 5. The van der Waals surface area contributed by atoms with Gasteiger partial charge in [0.15, 0.2) is 18.1 Å². The number of benzene rings is 2. The lowest BCUT2D eigenvalue weighted by Crippen LogP contribution is -2.26. The molecule has 0 aromatic heterocycles. The Labute approximate surface area is 165 Å². The van der Waals surface area contributed by atoms with Crippen LogP contribution in [0.2, 0.25) is 0 Å². The summed E-state index contributed by atoms with van der Waals surface area (Å²) in [6.45, 7) is 3.67. The molecular weight excluding hydrogens is 388 g/mol. The topological polar surface area (TPSA) is 94.1 Å². The summed E-state index contributed by atoms with van der Waals surface area (Å²) in [5.74, 6) is -2.52. The molecular formula is C20H19F2NO6. The number of anilines is 1. The highest BCUT2D eigenvalue weighted by molar-refractivity contribution is 6.03. The van der Waals surface area contributed by atoms with Gasteiger partial charge in [0.05, 0.1) is 5.69 Å². The van der Waals surface area contributed by atoms with Gasteiger partial charge in [0, 0.05) is 0 Å². The van der Waals surface area contributed by atoms with Crippen LogP contribution in [-0.4, -0.2) is 29.9 Å². The van der Waals surface area contributed by atoms with Crippen LogP contribution in [0.1, 0.15) is 42.1 Å². The molecule has 9 heteroatoms. The van der Waals surface area contributed by atoms with Crippen LogP contribution in [0.5, 0.6) is 17.2 Å². The van der Waals surface area contributed by atoms with Crippen molar-refractivity contribution >= 4 is 17.6 Å². The molecule has 2 aromatic carbocycles. The van der Waals surface area contributed by atoms with Crippen LogP contribution in [0.3, 0.4) is 0 Å². The number of amides is 1. The second-order valence-corrected chi connectivity index (χ2v) is 6.47. The monoisotopic (exact) mass is 407 g/mol. The molecule has 1 amide bonds. The number of carboxylic acid groups (broad SMARTS) is 1. The third kappa shape index (κ3) is 4.39. The summed E-state index contributed by atoms with van der Waals surface area (Å²) >= 11 is 0. The Hall–Kier alpha value is -3.36. The third-order valence-corrected chi connectivity index (χ3v) is 4.48. The largest absolute Gasteiger partial charge is 0.586 e. The van der Waals surface area contributed by atoms with E-state index in [0.29, 0.717) is 5.75 Å². The number of carboxylic acids is 1. The molecule has 0 bridgehead atoms. The number of alkyl halides is 2. The molecule has 1 heterocycles. The van der Waals surface area contributed by atoms with E-state index in [1.807, 2.05) is 26.0 Å². The molecule has 29 heavy (non-hydrogen) atoms. The highest BCUT2D eigenvalue weighted by atomic mass is 19.3.